The summed E-state index contributed by atoms with van der Waals surface area (Å²) in [4.78, 5) is 2.64. The van der Waals surface area contributed by atoms with Crippen molar-refractivity contribution in [2.24, 2.45) is 5.41 Å². The van der Waals surface area contributed by atoms with Crippen molar-refractivity contribution in [3.05, 3.63) is 60.2 Å². The van der Waals surface area contributed by atoms with Gasteiger partial charge >= 0.3 is 0 Å². The fourth-order valence-electron chi connectivity index (χ4n) is 3.17. The van der Waals surface area contributed by atoms with Gasteiger partial charge in [-0.15, -0.1) is 0 Å². The lowest BCUT2D eigenvalue weighted by molar-refractivity contribution is 0.138. The molecule has 0 bridgehead atoms. The van der Waals surface area contributed by atoms with Gasteiger partial charge in [0, 0.05) is 19.1 Å². The first-order valence-electron chi connectivity index (χ1n) is 8.38. The molecule has 0 spiro atoms. The molecule has 0 aromatic heterocycles. The number of hydrogen-bond acceptors (Lipinski definition) is 2. The van der Waals surface area contributed by atoms with Gasteiger partial charge in [-0.25, -0.2) is 0 Å². The zero-order valence-corrected chi connectivity index (χ0v) is 14.3. The molecule has 2 heteroatoms. The summed E-state index contributed by atoms with van der Waals surface area (Å²) in [5, 5.41) is 3.31. The van der Waals surface area contributed by atoms with Crippen LogP contribution in [0.4, 0.5) is 0 Å². The smallest absolute Gasteiger partial charge is 0.0363 e. The average Bonchev–Trinajstić information content (AvgIpc) is 2.59. The fourth-order valence-corrected chi connectivity index (χ4v) is 3.17. The third kappa shape index (κ3) is 5.11. The molecule has 1 heterocycles. The van der Waals surface area contributed by atoms with Crippen LogP contribution in [-0.4, -0.2) is 31.6 Å². The highest BCUT2D eigenvalue weighted by Crippen LogP contribution is 2.30. The van der Waals surface area contributed by atoms with E-state index in [1.807, 2.05) is 7.05 Å². The maximum atomic E-state index is 3.31. The predicted molar refractivity (Wildman–Crippen MR) is 96.0 cm³/mol. The first-order valence-corrected chi connectivity index (χ1v) is 8.38. The second kappa shape index (κ2) is 8.30. The number of nitrogens with one attached hydrogen (secondary N) is 1. The summed E-state index contributed by atoms with van der Waals surface area (Å²) in [5.74, 6) is 0. The molecule has 1 aliphatic heterocycles. The van der Waals surface area contributed by atoms with E-state index in [-0.39, 0.29) is 0 Å². The minimum Gasteiger partial charge on any atom is -0.320 e. The van der Waals surface area contributed by atoms with Crippen molar-refractivity contribution in [1.29, 1.82) is 0 Å². The molecule has 1 unspecified atom stereocenters. The minimum atomic E-state index is 0.301. The van der Waals surface area contributed by atoms with Gasteiger partial charge in [0.05, 0.1) is 0 Å². The Kier molecular flexibility index (Phi) is 6.41. The average molecular weight is 298 g/mol. The van der Waals surface area contributed by atoms with Gasteiger partial charge in [0.15, 0.2) is 0 Å². The molecule has 120 valence electrons. The van der Waals surface area contributed by atoms with Crippen LogP contribution in [-0.2, 0) is 0 Å². The second-order valence-electron chi connectivity index (χ2n) is 6.97. The Morgan fingerprint density at radius 3 is 2.59 bits per heavy atom. The molecule has 0 saturated heterocycles. The van der Waals surface area contributed by atoms with E-state index < -0.39 is 0 Å². The van der Waals surface area contributed by atoms with Gasteiger partial charge in [0.2, 0.25) is 0 Å². The van der Waals surface area contributed by atoms with Crippen LogP contribution < -0.4 is 5.32 Å². The van der Waals surface area contributed by atoms with E-state index >= 15 is 0 Å². The molecule has 0 fully saturated rings. The van der Waals surface area contributed by atoms with Crippen molar-refractivity contribution in [3.8, 4) is 0 Å². The molecule has 0 aliphatic carbocycles. The van der Waals surface area contributed by atoms with Crippen molar-refractivity contribution >= 4 is 0 Å². The lowest BCUT2D eigenvalue weighted by Crippen LogP contribution is -2.38. The first-order chi connectivity index (χ1) is 10.6. The standard InChI is InChI=1S/C20H30N2/c1-20(2)14-9-4-5-10-16-22(17-20)19(13-15-21-3)18-11-7-6-8-12-18/h4-12,19,21H,13-17H2,1-3H3/b9-4-,10-5-. The van der Waals surface area contributed by atoms with Gasteiger partial charge in [0.1, 0.15) is 0 Å². The molecule has 1 aromatic carbocycles. The summed E-state index contributed by atoms with van der Waals surface area (Å²) in [6.45, 7) is 7.91. The molecule has 1 aromatic rings. The summed E-state index contributed by atoms with van der Waals surface area (Å²) in [7, 11) is 2.04. The van der Waals surface area contributed by atoms with Crippen LogP contribution in [0.3, 0.4) is 0 Å². The Morgan fingerprint density at radius 2 is 1.86 bits per heavy atom. The molecule has 1 atom stereocenters. The monoisotopic (exact) mass is 298 g/mol. The molecular formula is C20H30N2. The van der Waals surface area contributed by atoms with Gasteiger partial charge in [0.25, 0.3) is 0 Å². The Morgan fingerprint density at radius 1 is 1.14 bits per heavy atom. The van der Waals surface area contributed by atoms with E-state index in [2.05, 4.69) is 78.7 Å². The molecule has 22 heavy (non-hydrogen) atoms. The quantitative estimate of drug-likeness (QED) is 0.877. The number of benzene rings is 1. The maximum absolute atomic E-state index is 3.31. The molecular weight excluding hydrogens is 268 g/mol. The number of hydrogen-bond donors (Lipinski definition) is 1. The summed E-state index contributed by atoms with van der Waals surface area (Å²) in [6, 6.07) is 11.4. The van der Waals surface area contributed by atoms with E-state index in [0.29, 0.717) is 11.5 Å². The fraction of sp³-hybridized carbons (Fsp3) is 0.500. The Labute approximate surface area is 135 Å². The highest BCUT2D eigenvalue weighted by molar-refractivity contribution is 5.20. The number of allylic oxidation sites excluding steroid dienone is 3. The first kappa shape index (κ1) is 17.0. The van der Waals surface area contributed by atoms with Crippen LogP contribution in [0.1, 0.15) is 38.3 Å². The van der Waals surface area contributed by atoms with Crippen molar-refractivity contribution in [1.82, 2.24) is 10.2 Å². The maximum Gasteiger partial charge on any atom is 0.0363 e. The SMILES string of the molecule is CNCCC(c1ccccc1)N1C/C=C\C=C/CC(C)(C)C1. The molecule has 2 rings (SSSR count). The summed E-state index contributed by atoms with van der Waals surface area (Å²) in [5.41, 5.74) is 1.73. The molecule has 0 saturated carbocycles. The molecule has 0 radical (unpaired) electrons. The topological polar surface area (TPSA) is 15.3 Å². The molecule has 1 aliphatic rings. The highest BCUT2D eigenvalue weighted by Gasteiger charge is 2.26. The van der Waals surface area contributed by atoms with E-state index in [4.69, 9.17) is 0 Å². The predicted octanol–water partition coefficient (Wildman–Crippen LogP) is 4.18. The van der Waals surface area contributed by atoms with Gasteiger partial charge in [-0.3, -0.25) is 4.90 Å². The van der Waals surface area contributed by atoms with E-state index in [1.165, 1.54) is 5.56 Å². The normalized spacial score (nSPS) is 23.0. The zero-order valence-electron chi connectivity index (χ0n) is 14.3. The minimum absolute atomic E-state index is 0.301. The van der Waals surface area contributed by atoms with E-state index in [9.17, 15) is 0 Å². The number of rotatable bonds is 5. The van der Waals surface area contributed by atoms with E-state index in [0.717, 1.165) is 32.5 Å². The van der Waals surface area contributed by atoms with E-state index in [1.54, 1.807) is 0 Å². The molecule has 2 nitrogen and oxygen atoms in total. The van der Waals surface area contributed by atoms with Gasteiger partial charge < -0.3 is 5.32 Å². The number of nitrogens with zero attached hydrogens (tertiary/aromatic N) is 1. The van der Waals surface area contributed by atoms with Crippen LogP contribution in [0.25, 0.3) is 0 Å². The van der Waals surface area contributed by atoms with Crippen LogP contribution in [0.15, 0.2) is 54.6 Å². The van der Waals surface area contributed by atoms with Gasteiger partial charge in [-0.1, -0.05) is 68.5 Å². The lowest BCUT2D eigenvalue weighted by atomic mass is 9.87. The van der Waals surface area contributed by atoms with Crippen molar-refractivity contribution in [2.75, 3.05) is 26.7 Å². The van der Waals surface area contributed by atoms with Gasteiger partial charge in [-0.05, 0) is 37.4 Å². The van der Waals surface area contributed by atoms with Crippen LogP contribution in [0.5, 0.6) is 0 Å². The Bertz CT molecular complexity index is 488. The van der Waals surface area contributed by atoms with Crippen molar-refractivity contribution in [3.63, 3.8) is 0 Å². The molecule has 1 N–H and O–H groups in total. The molecule has 0 amide bonds. The summed E-state index contributed by atoms with van der Waals surface area (Å²) >= 11 is 0. The summed E-state index contributed by atoms with van der Waals surface area (Å²) < 4.78 is 0. The Balaban J connectivity index is 2.23. The lowest BCUT2D eigenvalue weighted by Gasteiger charge is -2.37. The highest BCUT2D eigenvalue weighted by atomic mass is 15.2. The van der Waals surface area contributed by atoms with Crippen LogP contribution >= 0.6 is 0 Å². The van der Waals surface area contributed by atoms with Crippen LogP contribution in [0, 0.1) is 5.41 Å². The Hall–Kier alpha value is -1.38. The largest absolute Gasteiger partial charge is 0.320 e. The van der Waals surface area contributed by atoms with Crippen molar-refractivity contribution in [2.45, 2.75) is 32.7 Å². The second-order valence-corrected chi connectivity index (χ2v) is 6.97. The van der Waals surface area contributed by atoms with Gasteiger partial charge in [-0.2, -0.15) is 0 Å². The van der Waals surface area contributed by atoms with Crippen LogP contribution in [0.2, 0.25) is 0 Å². The van der Waals surface area contributed by atoms with Crippen molar-refractivity contribution < 1.29 is 0 Å². The summed E-state index contributed by atoms with van der Waals surface area (Å²) in [6.07, 6.45) is 11.2. The third-order valence-electron chi connectivity index (χ3n) is 4.32. The zero-order chi connectivity index (χ0) is 15.8. The third-order valence-corrected chi connectivity index (χ3v) is 4.32.